The van der Waals surface area contributed by atoms with E-state index in [-0.39, 0.29) is 25.4 Å². The number of carbonyl (C=O) groups excluding carboxylic acids is 2. The van der Waals surface area contributed by atoms with Crippen LogP contribution in [-0.2, 0) is 28.7 Å². The summed E-state index contributed by atoms with van der Waals surface area (Å²) >= 11 is 0. The van der Waals surface area contributed by atoms with E-state index in [0.717, 1.165) is 17.7 Å². The molecule has 0 spiro atoms. The normalized spacial score (nSPS) is 11.0. The largest absolute Gasteiger partial charge is 0.416 e. The van der Waals surface area contributed by atoms with Crippen LogP contribution in [0.25, 0.3) is 0 Å². The van der Waals surface area contributed by atoms with Gasteiger partial charge in [-0.15, -0.1) is 0 Å². The molecule has 2 aromatic carbocycles. The second kappa shape index (κ2) is 8.32. The first-order valence-electron chi connectivity index (χ1n) is 7.58. The number of hydrogen-bond donors (Lipinski definition) is 2. The van der Waals surface area contributed by atoms with Gasteiger partial charge in [-0.2, -0.15) is 13.2 Å². The van der Waals surface area contributed by atoms with Gasteiger partial charge in [0.2, 0.25) is 11.8 Å². The van der Waals surface area contributed by atoms with Gasteiger partial charge < -0.3 is 10.6 Å². The van der Waals surface area contributed by atoms with Crippen LogP contribution >= 0.6 is 0 Å². The Balaban J connectivity index is 1.72. The third-order valence-corrected chi connectivity index (χ3v) is 3.42. The summed E-state index contributed by atoms with van der Waals surface area (Å²) < 4.78 is 37.4. The summed E-state index contributed by atoms with van der Waals surface area (Å²) in [5.74, 6) is -0.697. The Hall–Kier alpha value is -2.83. The van der Waals surface area contributed by atoms with E-state index in [0.29, 0.717) is 5.56 Å². The molecule has 2 rings (SSSR count). The summed E-state index contributed by atoms with van der Waals surface area (Å²) in [5.41, 5.74) is 0.637. The second-order valence-corrected chi connectivity index (χ2v) is 5.41. The number of hydrogen-bond acceptors (Lipinski definition) is 2. The number of amides is 2. The highest BCUT2D eigenvalue weighted by molar-refractivity contribution is 5.85. The van der Waals surface area contributed by atoms with Crippen molar-refractivity contribution in [1.82, 2.24) is 10.6 Å². The molecule has 0 fully saturated rings. The second-order valence-electron chi connectivity index (χ2n) is 5.41. The van der Waals surface area contributed by atoms with Gasteiger partial charge in [-0.25, -0.2) is 0 Å². The molecule has 0 saturated carbocycles. The first-order chi connectivity index (χ1) is 11.8. The Morgan fingerprint density at radius 3 is 2.04 bits per heavy atom. The SMILES string of the molecule is O=C(CNC(=O)Cc1ccccc1)NCc1ccc(C(F)(F)F)cc1. The Morgan fingerprint density at radius 2 is 1.44 bits per heavy atom. The third-order valence-electron chi connectivity index (χ3n) is 3.42. The molecule has 0 aliphatic carbocycles. The summed E-state index contributed by atoms with van der Waals surface area (Å²) in [5, 5.41) is 5.04. The maximum Gasteiger partial charge on any atom is 0.416 e. The molecule has 0 bridgehead atoms. The fourth-order valence-electron chi connectivity index (χ4n) is 2.10. The zero-order valence-electron chi connectivity index (χ0n) is 13.3. The van der Waals surface area contributed by atoms with Crippen molar-refractivity contribution in [2.45, 2.75) is 19.1 Å². The van der Waals surface area contributed by atoms with Gasteiger partial charge in [-0.05, 0) is 23.3 Å². The summed E-state index contributed by atoms with van der Waals surface area (Å²) in [7, 11) is 0. The lowest BCUT2D eigenvalue weighted by Crippen LogP contribution is -2.37. The lowest BCUT2D eigenvalue weighted by molar-refractivity contribution is -0.137. The highest BCUT2D eigenvalue weighted by Gasteiger charge is 2.29. The molecule has 0 aromatic heterocycles. The molecule has 0 atom stereocenters. The van der Waals surface area contributed by atoms with E-state index in [1.165, 1.54) is 12.1 Å². The summed E-state index contributed by atoms with van der Waals surface area (Å²) in [6.07, 6.45) is -4.21. The predicted octanol–water partition coefficient (Wildman–Crippen LogP) is 2.68. The highest BCUT2D eigenvalue weighted by Crippen LogP contribution is 2.28. The monoisotopic (exact) mass is 350 g/mol. The molecule has 2 aromatic rings. The third kappa shape index (κ3) is 6.29. The molecular formula is C18H17F3N2O2. The minimum Gasteiger partial charge on any atom is -0.350 e. The van der Waals surface area contributed by atoms with E-state index in [1.54, 1.807) is 0 Å². The molecule has 2 amide bonds. The van der Waals surface area contributed by atoms with Gasteiger partial charge in [0, 0.05) is 6.54 Å². The van der Waals surface area contributed by atoms with Crippen LogP contribution in [0, 0.1) is 0 Å². The average Bonchev–Trinajstić information content (AvgIpc) is 2.58. The standard InChI is InChI=1S/C18H17F3N2O2/c19-18(20,21)15-8-6-14(7-9-15)11-22-17(25)12-23-16(24)10-13-4-2-1-3-5-13/h1-9H,10-12H2,(H,22,25)(H,23,24). The first-order valence-corrected chi connectivity index (χ1v) is 7.58. The summed E-state index contributed by atoms with van der Waals surface area (Å²) in [6, 6.07) is 13.6. The van der Waals surface area contributed by atoms with Crippen LogP contribution in [0.5, 0.6) is 0 Å². The lowest BCUT2D eigenvalue weighted by Gasteiger charge is -2.09. The van der Waals surface area contributed by atoms with Crippen molar-refractivity contribution in [3.8, 4) is 0 Å². The summed E-state index contributed by atoms with van der Waals surface area (Å²) in [6.45, 7) is -0.0994. The van der Waals surface area contributed by atoms with Crippen LogP contribution in [0.1, 0.15) is 16.7 Å². The van der Waals surface area contributed by atoms with Crippen molar-refractivity contribution in [2.75, 3.05) is 6.54 Å². The van der Waals surface area contributed by atoms with Crippen LogP contribution in [0.3, 0.4) is 0 Å². The van der Waals surface area contributed by atoms with Gasteiger partial charge in [0.1, 0.15) is 0 Å². The number of carbonyl (C=O) groups is 2. The molecule has 4 nitrogen and oxygen atoms in total. The molecule has 7 heteroatoms. The van der Waals surface area contributed by atoms with Gasteiger partial charge in [0.05, 0.1) is 18.5 Å². The molecule has 0 saturated heterocycles. The van der Waals surface area contributed by atoms with E-state index >= 15 is 0 Å². The Morgan fingerprint density at radius 1 is 0.800 bits per heavy atom. The van der Waals surface area contributed by atoms with Crippen LogP contribution in [-0.4, -0.2) is 18.4 Å². The fourth-order valence-corrected chi connectivity index (χ4v) is 2.10. The Labute approximate surface area is 143 Å². The quantitative estimate of drug-likeness (QED) is 0.842. The van der Waals surface area contributed by atoms with E-state index < -0.39 is 17.6 Å². The van der Waals surface area contributed by atoms with E-state index in [9.17, 15) is 22.8 Å². The molecule has 0 aliphatic rings. The van der Waals surface area contributed by atoms with E-state index in [2.05, 4.69) is 10.6 Å². The van der Waals surface area contributed by atoms with Crippen molar-refractivity contribution in [3.63, 3.8) is 0 Å². The highest BCUT2D eigenvalue weighted by atomic mass is 19.4. The molecule has 2 N–H and O–H groups in total. The molecule has 132 valence electrons. The van der Waals surface area contributed by atoms with Crippen LogP contribution < -0.4 is 10.6 Å². The smallest absolute Gasteiger partial charge is 0.350 e. The Kier molecular flexibility index (Phi) is 6.16. The van der Waals surface area contributed by atoms with Crippen molar-refractivity contribution >= 4 is 11.8 Å². The van der Waals surface area contributed by atoms with E-state index in [4.69, 9.17) is 0 Å². The average molecular weight is 350 g/mol. The zero-order chi connectivity index (χ0) is 18.3. The lowest BCUT2D eigenvalue weighted by atomic mass is 10.1. The van der Waals surface area contributed by atoms with Gasteiger partial charge in [0.25, 0.3) is 0 Å². The van der Waals surface area contributed by atoms with Crippen LogP contribution in [0.4, 0.5) is 13.2 Å². The first kappa shape index (κ1) is 18.5. The van der Waals surface area contributed by atoms with Gasteiger partial charge in [0.15, 0.2) is 0 Å². The number of nitrogens with one attached hydrogen (secondary N) is 2. The molecule has 0 heterocycles. The predicted molar refractivity (Wildman–Crippen MR) is 86.4 cm³/mol. The molecule has 0 unspecified atom stereocenters. The number of benzene rings is 2. The van der Waals surface area contributed by atoms with Gasteiger partial charge in [-0.1, -0.05) is 42.5 Å². The van der Waals surface area contributed by atoms with Crippen molar-refractivity contribution in [2.24, 2.45) is 0 Å². The molecule has 0 radical (unpaired) electrons. The fraction of sp³-hybridized carbons (Fsp3) is 0.222. The number of halogens is 3. The minimum absolute atomic E-state index is 0.0888. The van der Waals surface area contributed by atoms with Crippen molar-refractivity contribution in [1.29, 1.82) is 0 Å². The summed E-state index contributed by atoms with van der Waals surface area (Å²) in [4.78, 5) is 23.4. The Bertz CT molecular complexity index is 713. The van der Waals surface area contributed by atoms with Gasteiger partial charge in [-0.3, -0.25) is 9.59 Å². The van der Waals surface area contributed by atoms with E-state index in [1.807, 2.05) is 30.3 Å². The van der Waals surface area contributed by atoms with Crippen LogP contribution in [0.2, 0.25) is 0 Å². The minimum atomic E-state index is -4.38. The molecule has 0 aliphatic heterocycles. The van der Waals surface area contributed by atoms with Crippen LogP contribution in [0.15, 0.2) is 54.6 Å². The zero-order valence-corrected chi connectivity index (χ0v) is 13.3. The van der Waals surface area contributed by atoms with Crippen molar-refractivity contribution in [3.05, 3.63) is 71.3 Å². The molecule has 25 heavy (non-hydrogen) atoms. The maximum atomic E-state index is 12.5. The number of rotatable bonds is 6. The topological polar surface area (TPSA) is 58.2 Å². The molecular weight excluding hydrogens is 333 g/mol. The number of alkyl halides is 3. The van der Waals surface area contributed by atoms with Crippen molar-refractivity contribution < 1.29 is 22.8 Å². The maximum absolute atomic E-state index is 12.5. The van der Waals surface area contributed by atoms with Gasteiger partial charge >= 0.3 is 6.18 Å².